The largest absolute Gasteiger partial charge is 0.487 e. The van der Waals surface area contributed by atoms with E-state index in [2.05, 4.69) is 5.32 Å². The first-order valence-electron chi connectivity index (χ1n) is 7.69. The lowest BCUT2D eigenvalue weighted by Crippen LogP contribution is -2.24. The first-order chi connectivity index (χ1) is 10.8. The van der Waals surface area contributed by atoms with Crippen LogP contribution in [0.25, 0.3) is 0 Å². The number of ether oxygens (including phenoxy) is 2. The summed E-state index contributed by atoms with van der Waals surface area (Å²) in [6.45, 7) is 8.03. The molecule has 0 aliphatic carbocycles. The zero-order chi connectivity index (χ0) is 16.6. The Morgan fingerprint density at radius 2 is 2.00 bits per heavy atom. The molecule has 2 aromatic carbocycles. The summed E-state index contributed by atoms with van der Waals surface area (Å²) in [5.41, 5.74) is 4.00. The molecule has 0 atom stereocenters. The number of esters is 1. The van der Waals surface area contributed by atoms with E-state index in [1.54, 1.807) is 6.07 Å². The summed E-state index contributed by atoms with van der Waals surface area (Å²) in [4.78, 5) is 12.2. The molecule has 0 bridgehead atoms. The fourth-order valence-corrected chi connectivity index (χ4v) is 2.51. The lowest BCUT2D eigenvalue weighted by molar-refractivity contribution is 0.00694. The van der Waals surface area contributed by atoms with E-state index in [1.807, 2.05) is 58.0 Å². The minimum absolute atomic E-state index is 0.321. The van der Waals surface area contributed by atoms with E-state index in [0.717, 1.165) is 28.3 Å². The van der Waals surface area contributed by atoms with Gasteiger partial charge in [0.2, 0.25) is 0 Å². The highest BCUT2D eigenvalue weighted by molar-refractivity contribution is 5.91. The third-order valence-electron chi connectivity index (χ3n) is 3.62. The van der Waals surface area contributed by atoms with E-state index >= 15 is 0 Å². The van der Waals surface area contributed by atoms with Crippen LogP contribution >= 0.6 is 0 Å². The van der Waals surface area contributed by atoms with Crippen molar-refractivity contribution in [2.24, 2.45) is 0 Å². The van der Waals surface area contributed by atoms with Crippen molar-refractivity contribution in [1.29, 1.82) is 0 Å². The van der Waals surface area contributed by atoms with Crippen molar-refractivity contribution < 1.29 is 14.3 Å². The van der Waals surface area contributed by atoms with E-state index in [4.69, 9.17) is 9.47 Å². The van der Waals surface area contributed by atoms with Gasteiger partial charge in [0.1, 0.15) is 18.0 Å². The van der Waals surface area contributed by atoms with Crippen molar-refractivity contribution in [2.45, 2.75) is 39.9 Å². The summed E-state index contributed by atoms with van der Waals surface area (Å²) in [6.07, 6.45) is 0. The molecule has 1 heterocycles. The number of anilines is 2. The van der Waals surface area contributed by atoms with Crippen LogP contribution in [-0.4, -0.2) is 11.6 Å². The summed E-state index contributed by atoms with van der Waals surface area (Å²) < 4.78 is 11.3. The van der Waals surface area contributed by atoms with Crippen molar-refractivity contribution in [3.8, 4) is 5.75 Å². The quantitative estimate of drug-likeness (QED) is 0.783. The molecule has 23 heavy (non-hydrogen) atoms. The average Bonchev–Trinajstić information content (AvgIpc) is 2.65. The van der Waals surface area contributed by atoms with Gasteiger partial charge in [-0.05, 0) is 57.5 Å². The van der Waals surface area contributed by atoms with Gasteiger partial charge in [-0.3, -0.25) is 0 Å². The van der Waals surface area contributed by atoms with E-state index in [-0.39, 0.29) is 5.97 Å². The second kappa shape index (κ2) is 5.61. The van der Waals surface area contributed by atoms with Gasteiger partial charge in [-0.2, -0.15) is 0 Å². The lowest BCUT2D eigenvalue weighted by Gasteiger charge is -2.20. The molecule has 4 heteroatoms. The maximum atomic E-state index is 12.2. The molecule has 0 saturated heterocycles. The second-order valence-electron chi connectivity index (χ2n) is 6.74. The van der Waals surface area contributed by atoms with Gasteiger partial charge in [0.25, 0.3) is 0 Å². The summed E-state index contributed by atoms with van der Waals surface area (Å²) in [5, 5.41) is 3.41. The monoisotopic (exact) mass is 311 g/mol. The second-order valence-corrected chi connectivity index (χ2v) is 6.74. The number of hydrogen-bond donors (Lipinski definition) is 1. The Bertz CT molecular complexity index is 760. The van der Waals surface area contributed by atoms with Crippen LogP contribution in [0, 0.1) is 6.92 Å². The fourth-order valence-electron chi connectivity index (χ4n) is 2.51. The first-order valence-corrected chi connectivity index (χ1v) is 7.69. The molecule has 4 nitrogen and oxygen atoms in total. The third-order valence-corrected chi connectivity index (χ3v) is 3.62. The Labute approximate surface area is 136 Å². The summed E-state index contributed by atoms with van der Waals surface area (Å²) in [6, 6.07) is 11.5. The van der Waals surface area contributed by atoms with Crippen LogP contribution in [0.3, 0.4) is 0 Å². The Kier molecular flexibility index (Phi) is 3.76. The molecule has 0 aromatic heterocycles. The molecule has 3 rings (SSSR count). The van der Waals surface area contributed by atoms with E-state index in [1.165, 1.54) is 0 Å². The van der Waals surface area contributed by atoms with Gasteiger partial charge in [-0.25, -0.2) is 4.79 Å². The number of carbonyl (C=O) groups is 1. The van der Waals surface area contributed by atoms with Crippen LogP contribution in [0.15, 0.2) is 36.4 Å². The molecule has 1 aliphatic rings. The number of benzene rings is 2. The number of nitrogens with one attached hydrogen (secondary N) is 1. The average molecular weight is 311 g/mol. The smallest absolute Gasteiger partial charge is 0.338 e. The SMILES string of the molecule is Cc1cccc2c1Nc1ccc(C(=O)OC(C)(C)C)cc1CO2. The zero-order valence-electron chi connectivity index (χ0n) is 13.9. The van der Waals surface area contributed by atoms with Gasteiger partial charge in [0.15, 0.2) is 0 Å². The Morgan fingerprint density at radius 3 is 2.74 bits per heavy atom. The first kappa shape index (κ1) is 15.4. The number of aryl methyl sites for hydroxylation is 1. The number of fused-ring (bicyclic) bond motifs is 2. The van der Waals surface area contributed by atoms with Crippen molar-refractivity contribution in [2.75, 3.05) is 5.32 Å². The number of hydrogen-bond acceptors (Lipinski definition) is 4. The van der Waals surface area contributed by atoms with Crippen molar-refractivity contribution in [1.82, 2.24) is 0 Å². The number of carbonyl (C=O) groups excluding carboxylic acids is 1. The highest BCUT2D eigenvalue weighted by Crippen LogP contribution is 2.36. The van der Waals surface area contributed by atoms with Gasteiger partial charge in [-0.15, -0.1) is 0 Å². The fraction of sp³-hybridized carbons (Fsp3) is 0.316. The molecule has 1 N–H and O–H groups in total. The molecule has 0 unspecified atom stereocenters. The van der Waals surface area contributed by atoms with Gasteiger partial charge in [0, 0.05) is 11.3 Å². The topological polar surface area (TPSA) is 47.6 Å². The maximum Gasteiger partial charge on any atom is 0.338 e. The van der Waals surface area contributed by atoms with Crippen molar-refractivity contribution >= 4 is 17.3 Å². The predicted molar refractivity (Wildman–Crippen MR) is 90.4 cm³/mol. The van der Waals surface area contributed by atoms with E-state index in [0.29, 0.717) is 12.2 Å². The number of rotatable bonds is 1. The van der Waals surface area contributed by atoms with Crippen LogP contribution in [0.2, 0.25) is 0 Å². The predicted octanol–water partition coefficient (Wildman–Crippen LogP) is 4.59. The van der Waals surface area contributed by atoms with Gasteiger partial charge in [-0.1, -0.05) is 12.1 Å². The Hall–Kier alpha value is -2.49. The lowest BCUT2D eigenvalue weighted by atomic mass is 10.1. The standard InChI is InChI=1S/C19H21NO3/c1-12-6-5-7-16-17(12)20-15-9-8-13(10-14(15)11-22-16)18(21)23-19(2,3)4/h5-10,20H,11H2,1-4H3. The highest BCUT2D eigenvalue weighted by Gasteiger charge is 2.20. The van der Waals surface area contributed by atoms with Crippen LogP contribution in [0.5, 0.6) is 5.75 Å². The van der Waals surface area contributed by atoms with Crippen LogP contribution < -0.4 is 10.1 Å². The van der Waals surface area contributed by atoms with E-state index < -0.39 is 5.60 Å². The normalized spacial score (nSPS) is 13.0. The molecular weight excluding hydrogens is 290 g/mol. The van der Waals surface area contributed by atoms with Crippen molar-refractivity contribution in [3.63, 3.8) is 0 Å². The summed E-state index contributed by atoms with van der Waals surface area (Å²) >= 11 is 0. The molecular formula is C19H21NO3. The van der Waals surface area contributed by atoms with E-state index in [9.17, 15) is 4.79 Å². The maximum absolute atomic E-state index is 12.2. The molecule has 0 saturated carbocycles. The Balaban J connectivity index is 1.91. The van der Waals surface area contributed by atoms with Gasteiger partial charge >= 0.3 is 5.97 Å². The molecule has 1 aliphatic heterocycles. The van der Waals surface area contributed by atoms with Gasteiger partial charge in [0.05, 0.1) is 11.3 Å². The minimum atomic E-state index is -0.508. The molecule has 2 aromatic rings. The highest BCUT2D eigenvalue weighted by atomic mass is 16.6. The summed E-state index contributed by atoms with van der Waals surface area (Å²) in [7, 11) is 0. The molecule has 120 valence electrons. The minimum Gasteiger partial charge on any atom is -0.487 e. The van der Waals surface area contributed by atoms with Crippen LogP contribution in [-0.2, 0) is 11.3 Å². The molecule has 0 amide bonds. The van der Waals surface area contributed by atoms with Gasteiger partial charge < -0.3 is 14.8 Å². The zero-order valence-corrected chi connectivity index (χ0v) is 13.9. The Morgan fingerprint density at radius 1 is 1.22 bits per heavy atom. The molecule has 0 fully saturated rings. The van der Waals surface area contributed by atoms with Crippen molar-refractivity contribution in [3.05, 3.63) is 53.1 Å². The number of para-hydroxylation sites is 1. The summed E-state index contributed by atoms with van der Waals surface area (Å²) in [5.74, 6) is 0.498. The van der Waals surface area contributed by atoms with Crippen LogP contribution in [0.4, 0.5) is 11.4 Å². The third kappa shape index (κ3) is 3.31. The van der Waals surface area contributed by atoms with Crippen LogP contribution in [0.1, 0.15) is 42.3 Å². The molecule has 0 spiro atoms. The molecule has 0 radical (unpaired) electrons.